The lowest BCUT2D eigenvalue weighted by Crippen LogP contribution is -2.31. The molecule has 1 aromatic rings. The van der Waals surface area contributed by atoms with Crippen molar-refractivity contribution in [3.05, 3.63) is 33.9 Å². The van der Waals surface area contributed by atoms with Gasteiger partial charge in [0.15, 0.2) is 9.84 Å². The number of likely N-dealkylation sites (N-methyl/N-ethyl adjacent to an activating group) is 1. The van der Waals surface area contributed by atoms with E-state index in [1.807, 2.05) is 6.92 Å². The zero-order valence-electron chi connectivity index (χ0n) is 12.6. The van der Waals surface area contributed by atoms with Gasteiger partial charge in [-0.1, -0.05) is 26.3 Å². The Balaban J connectivity index is 3.14. The lowest BCUT2D eigenvalue weighted by molar-refractivity contribution is -0.385. The van der Waals surface area contributed by atoms with E-state index >= 15 is 0 Å². The number of rotatable bonds is 8. The second kappa shape index (κ2) is 7.51. The van der Waals surface area contributed by atoms with Crippen molar-refractivity contribution in [2.24, 2.45) is 0 Å². The summed E-state index contributed by atoms with van der Waals surface area (Å²) in [6, 6.07) is 4.29. The summed E-state index contributed by atoms with van der Waals surface area (Å²) >= 11 is 0. The van der Waals surface area contributed by atoms with Crippen LogP contribution in [0.1, 0.15) is 32.3 Å². The van der Waals surface area contributed by atoms with Gasteiger partial charge in [-0.05, 0) is 25.5 Å². The first kappa shape index (κ1) is 17.6. The summed E-state index contributed by atoms with van der Waals surface area (Å²) in [6.07, 6.45) is 3.46. The van der Waals surface area contributed by atoms with Crippen molar-refractivity contribution in [1.29, 1.82) is 0 Å². The number of nitrogens with one attached hydrogen (secondary N) is 1. The number of sulfone groups is 1. The van der Waals surface area contributed by atoms with Crippen molar-refractivity contribution in [2.75, 3.05) is 12.8 Å². The van der Waals surface area contributed by atoms with Crippen molar-refractivity contribution >= 4 is 15.5 Å². The Kier molecular flexibility index (Phi) is 6.29. The first-order valence-corrected chi connectivity index (χ1v) is 8.89. The molecule has 118 valence electrons. The van der Waals surface area contributed by atoms with E-state index in [0.29, 0.717) is 12.0 Å². The molecule has 0 fully saturated rings. The Bertz CT molecular complexity index is 593. The minimum absolute atomic E-state index is 0.0200. The Morgan fingerprint density at radius 2 is 2.00 bits per heavy atom. The molecule has 0 aromatic heterocycles. The maximum Gasteiger partial charge on any atom is 0.273 e. The first-order valence-electron chi connectivity index (χ1n) is 7.00. The van der Waals surface area contributed by atoms with Crippen LogP contribution >= 0.6 is 0 Å². The van der Waals surface area contributed by atoms with E-state index in [9.17, 15) is 18.5 Å². The number of hydrogen-bond donors (Lipinski definition) is 1. The van der Waals surface area contributed by atoms with E-state index in [0.717, 1.165) is 31.7 Å². The van der Waals surface area contributed by atoms with E-state index < -0.39 is 14.8 Å². The lowest BCUT2D eigenvalue weighted by Gasteiger charge is -2.17. The molecular formula is C14H22N2O4S. The lowest BCUT2D eigenvalue weighted by atomic mass is 10.0. The van der Waals surface area contributed by atoms with Gasteiger partial charge in [0.05, 0.1) is 9.82 Å². The molecule has 6 nitrogen and oxygen atoms in total. The number of nitro benzene ring substituents is 1. The number of benzene rings is 1. The van der Waals surface area contributed by atoms with Crippen LogP contribution in [0.5, 0.6) is 0 Å². The summed E-state index contributed by atoms with van der Waals surface area (Å²) < 4.78 is 23.0. The summed E-state index contributed by atoms with van der Waals surface area (Å²) in [5, 5.41) is 14.5. The van der Waals surface area contributed by atoms with Crippen LogP contribution in [0.3, 0.4) is 0 Å². The van der Waals surface area contributed by atoms with Crippen LogP contribution in [0.15, 0.2) is 23.1 Å². The molecule has 0 radical (unpaired) electrons. The molecule has 7 heteroatoms. The van der Waals surface area contributed by atoms with Crippen LogP contribution < -0.4 is 5.32 Å². The molecule has 21 heavy (non-hydrogen) atoms. The Labute approximate surface area is 125 Å². The average Bonchev–Trinajstić information content (AvgIpc) is 2.38. The van der Waals surface area contributed by atoms with Crippen molar-refractivity contribution in [1.82, 2.24) is 5.32 Å². The number of hydrogen-bond acceptors (Lipinski definition) is 5. The molecule has 0 heterocycles. The summed E-state index contributed by atoms with van der Waals surface area (Å²) in [5.41, 5.74) is 0.434. The van der Waals surface area contributed by atoms with E-state index in [-0.39, 0.29) is 16.6 Å². The standard InChI is InChI=1S/C14H22N2O4S/c1-4-6-12(15-5-2)9-11-7-8-13(21(3,19)20)10-14(11)16(17)18/h7-8,10,12,15H,4-6,9H2,1-3H3. The highest BCUT2D eigenvalue weighted by Crippen LogP contribution is 2.25. The van der Waals surface area contributed by atoms with Gasteiger partial charge in [0, 0.05) is 23.9 Å². The fraction of sp³-hybridized carbons (Fsp3) is 0.571. The third-order valence-corrected chi connectivity index (χ3v) is 4.39. The summed E-state index contributed by atoms with van der Waals surface area (Å²) in [7, 11) is -3.44. The smallest absolute Gasteiger partial charge is 0.273 e. The van der Waals surface area contributed by atoms with Gasteiger partial charge in [-0.2, -0.15) is 0 Å². The Morgan fingerprint density at radius 3 is 2.48 bits per heavy atom. The molecule has 0 bridgehead atoms. The number of nitro groups is 1. The van der Waals surface area contributed by atoms with Crippen LogP contribution in [0.2, 0.25) is 0 Å². The fourth-order valence-electron chi connectivity index (χ4n) is 2.30. The van der Waals surface area contributed by atoms with Crippen molar-refractivity contribution < 1.29 is 13.3 Å². The van der Waals surface area contributed by atoms with Crippen LogP contribution in [-0.2, 0) is 16.3 Å². The first-order chi connectivity index (χ1) is 9.79. The Hall–Kier alpha value is -1.47. The normalized spacial score (nSPS) is 13.1. The molecule has 0 spiro atoms. The van der Waals surface area contributed by atoms with Gasteiger partial charge in [0.25, 0.3) is 5.69 Å². The molecule has 0 aliphatic carbocycles. The highest BCUT2D eigenvalue weighted by Gasteiger charge is 2.20. The molecule has 0 aliphatic rings. The third-order valence-electron chi connectivity index (χ3n) is 3.28. The molecule has 1 aromatic carbocycles. The summed E-state index contributed by atoms with van der Waals surface area (Å²) in [5.74, 6) is 0. The van der Waals surface area contributed by atoms with Gasteiger partial charge in [-0.3, -0.25) is 10.1 Å². The summed E-state index contributed by atoms with van der Waals surface area (Å²) in [6.45, 7) is 4.84. The van der Waals surface area contributed by atoms with E-state index in [4.69, 9.17) is 0 Å². The van der Waals surface area contributed by atoms with Gasteiger partial charge in [-0.15, -0.1) is 0 Å². The topological polar surface area (TPSA) is 89.3 Å². The van der Waals surface area contributed by atoms with Crippen LogP contribution in [-0.4, -0.2) is 32.2 Å². The maximum absolute atomic E-state index is 11.5. The minimum atomic E-state index is -3.44. The molecule has 0 amide bonds. The van der Waals surface area contributed by atoms with Gasteiger partial charge < -0.3 is 5.32 Å². The highest BCUT2D eigenvalue weighted by atomic mass is 32.2. The summed E-state index contributed by atoms with van der Waals surface area (Å²) in [4.78, 5) is 10.7. The van der Waals surface area contributed by atoms with E-state index in [2.05, 4.69) is 12.2 Å². The quantitative estimate of drug-likeness (QED) is 0.587. The highest BCUT2D eigenvalue weighted by molar-refractivity contribution is 7.90. The van der Waals surface area contributed by atoms with Crippen LogP contribution in [0.25, 0.3) is 0 Å². The predicted octanol–water partition coefficient (Wildman–Crippen LogP) is 2.32. The second-order valence-electron chi connectivity index (χ2n) is 5.07. The average molecular weight is 314 g/mol. The SMILES string of the molecule is CCCC(Cc1ccc(S(C)(=O)=O)cc1[N+](=O)[O-])NCC. The molecule has 0 aliphatic heterocycles. The largest absolute Gasteiger partial charge is 0.314 e. The number of nitrogens with zero attached hydrogens (tertiary/aromatic N) is 1. The van der Waals surface area contributed by atoms with Crippen LogP contribution in [0.4, 0.5) is 5.69 Å². The zero-order chi connectivity index (χ0) is 16.0. The van der Waals surface area contributed by atoms with Crippen molar-refractivity contribution in [2.45, 2.75) is 44.0 Å². The second-order valence-corrected chi connectivity index (χ2v) is 7.08. The molecule has 1 N–H and O–H groups in total. The molecule has 0 saturated carbocycles. The zero-order valence-corrected chi connectivity index (χ0v) is 13.4. The van der Waals surface area contributed by atoms with Gasteiger partial charge >= 0.3 is 0 Å². The molecule has 1 atom stereocenters. The van der Waals surface area contributed by atoms with Crippen LogP contribution in [0, 0.1) is 10.1 Å². The fourth-order valence-corrected chi connectivity index (χ4v) is 2.94. The molecule has 1 rings (SSSR count). The molecular weight excluding hydrogens is 292 g/mol. The Morgan fingerprint density at radius 1 is 1.33 bits per heavy atom. The maximum atomic E-state index is 11.5. The molecule has 0 saturated heterocycles. The van der Waals surface area contributed by atoms with Crippen molar-refractivity contribution in [3.8, 4) is 0 Å². The predicted molar refractivity (Wildman–Crippen MR) is 82.3 cm³/mol. The van der Waals surface area contributed by atoms with Gasteiger partial charge in [0.2, 0.25) is 0 Å². The van der Waals surface area contributed by atoms with E-state index in [1.54, 1.807) is 6.07 Å². The minimum Gasteiger partial charge on any atom is -0.314 e. The monoisotopic (exact) mass is 314 g/mol. The van der Waals surface area contributed by atoms with E-state index in [1.165, 1.54) is 6.07 Å². The van der Waals surface area contributed by atoms with Gasteiger partial charge in [0.1, 0.15) is 0 Å². The molecule has 1 unspecified atom stereocenters. The van der Waals surface area contributed by atoms with Gasteiger partial charge in [-0.25, -0.2) is 8.42 Å². The van der Waals surface area contributed by atoms with Crippen molar-refractivity contribution in [3.63, 3.8) is 0 Å². The third kappa shape index (κ3) is 5.09.